The van der Waals surface area contributed by atoms with Gasteiger partial charge in [-0.1, -0.05) is 11.6 Å². The van der Waals surface area contributed by atoms with Crippen molar-refractivity contribution in [3.8, 4) is 11.4 Å². The number of halogens is 4. The van der Waals surface area contributed by atoms with E-state index in [0.717, 1.165) is 23.3 Å². The first-order chi connectivity index (χ1) is 9.90. The molecule has 0 saturated carbocycles. The van der Waals surface area contributed by atoms with E-state index >= 15 is 0 Å². The molecular formula is C13H8ClF3N4. The lowest BCUT2D eigenvalue weighted by Crippen LogP contribution is -2.01. The molecule has 108 valence electrons. The van der Waals surface area contributed by atoms with Crippen molar-refractivity contribution in [1.29, 1.82) is 0 Å². The van der Waals surface area contributed by atoms with Crippen molar-refractivity contribution in [2.75, 3.05) is 0 Å². The summed E-state index contributed by atoms with van der Waals surface area (Å²) < 4.78 is 41.0. The van der Waals surface area contributed by atoms with E-state index in [-0.39, 0.29) is 16.5 Å². The van der Waals surface area contributed by atoms with Crippen LogP contribution < -0.4 is 0 Å². The minimum Gasteiger partial charge on any atom is -0.204 e. The quantitative estimate of drug-likeness (QED) is 0.646. The monoisotopic (exact) mass is 312 g/mol. The SMILES string of the molecule is Cc1c(Cl)nn2c(-c3cc(F)c(F)c(F)c3)nnc2c1C. The largest absolute Gasteiger partial charge is 0.204 e. The van der Waals surface area contributed by atoms with Gasteiger partial charge in [-0.15, -0.1) is 10.2 Å². The highest BCUT2D eigenvalue weighted by atomic mass is 35.5. The number of hydrogen-bond acceptors (Lipinski definition) is 3. The van der Waals surface area contributed by atoms with Crippen LogP contribution in [0.3, 0.4) is 0 Å². The summed E-state index contributed by atoms with van der Waals surface area (Å²) >= 11 is 6.00. The van der Waals surface area contributed by atoms with E-state index in [4.69, 9.17) is 11.6 Å². The van der Waals surface area contributed by atoms with Crippen LogP contribution in [0.2, 0.25) is 5.15 Å². The van der Waals surface area contributed by atoms with Crippen LogP contribution in [0.4, 0.5) is 13.2 Å². The molecule has 3 aromatic rings. The number of rotatable bonds is 1. The molecule has 0 N–H and O–H groups in total. The highest BCUT2D eigenvalue weighted by Crippen LogP contribution is 2.25. The molecule has 8 heteroatoms. The van der Waals surface area contributed by atoms with Gasteiger partial charge in [-0.2, -0.15) is 9.61 Å². The van der Waals surface area contributed by atoms with Crippen molar-refractivity contribution in [1.82, 2.24) is 19.8 Å². The van der Waals surface area contributed by atoms with Crippen molar-refractivity contribution in [3.05, 3.63) is 45.9 Å². The third-order valence-corrected chi connectivity index (χ3v) is 3.64. The van der Waals surface area contributed by atoms with E-state index in [0.29, 0.717) is 5.65 Å². The average Bonchev–Trinajstić information content (AvgIpc) is 2.85. The fourth-order valence-corrected chi connectivity index (χ4v) is 2.18. The average molecular weight is 313 g/mol. The van der Waals surface area contributed by atoms with Gasteiger partial charge in [-0.25, -0.2) is 13.2 Å². The number of hydrogen-bond donors (Lipinski definition) is 0. The van der Waals surface area contributed by atoms with Gasteiger partial charge in [-0.05, 0) is 31.5 Å². The Morgan fingerprint density at radius 2 is 1.62 bits per heavy atom. The molecule has 1 aromatic carbocycles. The van der Waals surface area contributed by atoms with Crippen LogP contribution in [0, 0.1) is 31.3 Å². The maximum atomic E-state index is 13.3. The predicted octanol–water partition coefficient (Wildman–Crippen LogP) is 3.48. The molecule has 2 heterocycles. The van der Waals surface area contributed by atoms with Crippen LogP contribution in [0.5, 0.6) is 0 Å². The summed E-state index contributed by atoms with van der Waals surface area (Å²) in [5, 5.41) is 12.1. The molecule has 0 amide bonds. The molecule has 4 nitrogen and oxygen atoms in total. The van der Waals surface area contributed by atoms with Gasteiger partial charge in [0.2, 0.25) is 0 Å². The van der Waals surface area contributed by atoms with Gasteiger partial charge in [-0.3, -0.25) is 0 Å². The van der Waals surface area contributed by atoms with Crippen molar-refractivity contribution in [2.45, 2.75) is 13.8 Å². The molecule has 21 heavy (non-hydrogen) atoms. The molecule has 0 spiro atoms. The summed E-state index contributed by atoms with van der Waals surface area (Å²) in [6.07, 6.45) is 0. The smallest absolute Gasteiger partial charge is 0.194 e. The second kappa shape index (κ2) is 4.70. The molecule has 0 unspecified atom stereocenters. The third kappa shape index (κ3) is 2.04. The molecule has 0 bridgehead atoms. The van der Waals surface area contributed by atoms with Crippen LogP contribution in [-0.2, 0) is 0 Å². The highest BCUT2D eigenvalue weighted by Gasteiger charge is 2.18. The van der Waals surface area contributed by atoms with Gasteiger partial charge in [0.05, 0.1) is 0 Å². The fourth-order valence-electron chi connectivity index (χ4n) is 1.96. The molecule has 0 aliphatic rings. The number of aryl methyl sites for hydroxylation is 1. The first kappa shape index (κ1) is 13.8. The van der Waals surface area contributed by atoms with Crippen LogP contribution in [-0.4, -0.2) is 19.8 Å². The third-order valence-electron chi connectivity index (χ3n) is 3.28. The topological polar surface area (TPSA) is 43.1 Å². The summed E-state index contributed by atoms with van der Waals surface area (Å²) in [7, 11) is 0. The first-order valence-electron chi connectivity index (χ1n) is 5.93. The van der Waals surface area contributed by atoms with Gasteiger partial charge in [0.1, 0.15) is 0 Å². The van der Waals surface area contributed by atoms with E-state index in [9.17, 15) is 13.2 Å². The number of aromatic nitrogens is 4. The zero-order chi connectivity index (χ0) is 15.3. The summed E-state index contributed by atoms with van der Waals surface area (Å²) in [4.78, 5) is 0. The Morgan fingerprint density at radius 1 is 1.00 bits per heavy atom. The Labute approximate surface area is 122 Å². The second-order valence-electron chi connectivity index (χ2n) is 4.55. The van der Waals surface area contributed by atoms with E-state index < -0.39 is 17.5 Å². The lowest BCUT2D eigenvalue weighted by Gasteiger charge is -2.05. The zero-order valence-electron chi connectivity index (χ0n) is 11.0. The second-order valence-corrected chi connectivity index (χ2v) is 4.91. The Morgan fingerprint density at radius 3 is 2.24 bits per heavy atom. The Bertz CT molecular complexity index is 852. The van der Waals surface area contributed by atoms with Crippen molar-refractivity contribution >= 4 is 17.2 Å². The number of fused-ring (bicyclic) bond motifs is 1. The molecule has 0 atom stereocenters. The van der Waals surface area contributed by atoms with E-state index in [1.54, 1.807) is 13.8 Å². The summed E-state index contributed by atoms with van der Waals surface area (Å²) in [6.45, 7) is 3.55. The van der Waals surface area contributed by atoms with Gasteiger partial charge >= 0.3 is 0 Å². The minimum absolute atomic E-state index is 0.0192. The van der Waals surface area contributed by atoms with Crippen LogP contribution in [0.1, 0.15) is 11.1 Å². The van der Waals surface area contributed by atoms with Gasteiger partial charge < -0.3 is 0 Å². The Hall–Kier alpha value is -2.15. The molecule has 0 aliphatic carbocycles. The standard InChI is InChI=1S/C13H8ClF3N4/c1-5-6(2)12-18-19-13(21(12)20-11(5)14)7-3-8(15)10(17)9(16)4-7/h3-4H,1-2H3. The zero-order valence-corrected chi connectivity index (χ0v) is 11.7. The van der Waals surface area contributed by atoms with E-state index in [1.807, 2.05) is 0 Å². The minimum atomic E-state index is -1.54. The van der Waals surface area contributed by atoms with Crippen molar-refractivity contribution in [3.63, 3.8) is 0 Å². The fraction of sp³-hybridized carbons (Fsp3) is 0.154. The first-order valence-corrected chi connectivity index (χ1v) is 6.31. The van der Waals surface area contributed by atoms with Crippen LogP contribution in [0.25, 0.3) is 17.0 Å². The number of nitrogens with zero attached hydrogens (tertiary/aromatic N) is 4. The van der Waals surface area contributed by atoms with Crippen LogP contribution in [0.15, 0.2) is 12.1 Å². The summed E-state index contributed by atoms with van der Waals surface area (Å²) in [6, 6.07) is 1.67. The maximum absolute atomic E-state index is 13.3. The lowest BCUT2D eigenvalue weighted by molar-refractivity contribution is 0.447. The molecular weight excluding hydrogens is 305 g/mol. The van der Waals surface area contributed by atoms with Gasteiger partial charge in [0, 0.05) is 11.1 Å². The normalized spacial score (nSPS) is 11.3. The predicted molar refractivity (Wildman–Crippen MR) is 70.6 cm³/mol. The van der Waals surface area contributed by atoms with Crippen LogP contribution >= 0.6 is 11.6 Å². The van der Waals surface area contributed by atoms with E-state index in [2.05, 4.69) is 15.3 Å². The molecule has 0 radical (unpaired) electrons. The van der Waals surface area contributed by atoms with Gasteiger partial charge in [0.15, 0.2) is 34.1 Å². The van der Waals surface area contributed by atoms with Crippen molar-refractivity contribution < 1.29 is 13.2 Å². The van der Waals surface area contributed by atoms with Gasteiger partial charge in [0.25, 0.3) is 0 Å². The Balaban J connectivity index is 2.32. The summed E-state index contributed by atoms with van der Waals surface area (Å²) in [5.41, 5.74) is 1.92. The Kier molecular flexibility index (Phi) is 3.09. The molecule has 0 saturated heterocycles. The lowest BCUT2D eigenvalue weighted by atomic mass is 10.2. The van der Waals surface area contributed by atoms with E-state index in [1.165, 1.54) is 4.52 Å². The number of benzene rings is 1. The molecule has 0 fully saturated rings. The van der Waals surface area contributed by atoms with Crippen molar-refractivity contribution in [2.24, 2.45) is 0 Å². The maximum Gasteiger partial charge on any atom is 0.194 e. The molecule has 3 rings (SSSR count). The molecule has 2 aromatic heterocycles. The molecule has 0 aliphatic heterocycles. The summed E-state index contributed by atoms with van der Waals surface area (Å²) in [5.74, 6) is -4.08. The highest BCUT2D eigenvalue weighted by molar-refractivity contribution is 6.30.